The van der Waals surface area contributed by atoms with Crippen LogP contribution in [0, 0.1) is 11.2 Å². The highest BCUT2D eigenvalue weighted by Crippen LogP contribution is 2.41. The molecule has 2 amide bonds. The molecule has 7 rings (SSSR count). The zero-order valence-corrected chi connectivity index (χ0v) is 24.9. The van der Waals surface area contributed by atoms with Crippen LogP contribution < -0.4 is 5.32 Å². The van der Waals surface area contributed by atoms with Crippen LogP contribution in [0.4, 0.5) is 4.39 Å². The van der Waals surface area contributed by atoms with E-state index in [1.165, 1.54) is 23.8 Å². The van der Waals surface area contributed by atoms with Gasteiger partial charge >= 0.3 is 0 Å². The van der Waals surface area contributed by atoms with E-state index in [9.17, 15) is 14.0 Å². The fraction of sp³-hybridized carbons (Fsp3) is 0.394. The largest absolute Gasteiger partial charge is 0.345 e. The van der Waals surface area contributed by atoms with Gasteiger partial charge in [0, 0.05) is 32.2 Å². The topological polar surface area (TPSA) is 83.4 Å². The first-order chi connectivity index (χ1) is 20.8. The van der Waals surface area contributed by atoms with Crippen molar-refractivity contribution in [3.63, 3.8) is 0 Å². The molecule has 3 aromatic carbocycles. The highest BCUT2D eigenvalue weighted by atomic mass is 35.5. The van der Waals surface area contributed by atoms with E-state index in [0.717, 1.165) is 80.6 Å². The molecule has 0 saturated carbocycles. The molecule has 4 aromatic rings. The van der Waals surface area contributed by atoms with Crippen LogP contribution in [0.3, 0.4) is 0 Å². The number of aromatic nitrogens is 3. The van der Waals surface area contributed by atoms with Crippen molar-refractivity contribution < 1.29 is 14.0 Å². The highest BCUT2D eigenvalue weighted by molar-refractivity contribution is 6.33. The van der Waals surface area contributed by atoms with Gasteiger partial charge in [0.2, 0.25) is 0 Å². The molecule has 2 aliphatic heterocycles. The molecule has 1 aliphatic carbocycles. The number of nitrogens with zero attached hydrogens (tertiary/aromatic N) is 5. The van der Waals surface area contributed by atoms with E-state index in [1.807, 2.05) is 30.1 Å². The van der Waals surface area contributed by atoms with Gasteiger partial charge in [-0.2, -0.15) is 0 Å². The third kappa shape index (κ3) is 5.29. The van der Waals surface area contributed by atoms with Crippen LogP contribution in [0.25, 0.3) is 11.0 Å². The summed E-state index contributed by atoms with van der Waals surface area (Å²) in [7, 11) is 1.91. The summed E-state index contributed by atoms with van der Waals surface area (Å²) >= 11 is 6.12. The summed E-state index contributed by atoms with van der Waals surface area (Å²) < 4.78 is 16.1. The molecule has 2 fully saturated rings. The molecule has 8 nitrogen and oxygen atoms in total. The van der Waals surface area contributed by atoms with Crippen LogP contribution in [-0.2, 0) is 20.0 Å². The van der Waals surface area contributed by atoms with Crippen LogP contribution >= 0.6 is 11.6 Å². The minimum absolute atomic E-state index is 0.0357. The molecular weight excluding hydrogens is 567 g/mol. The molecule has 1 spiro atoms. The van der Waals surface area contributed by atoms with E-state index in [2.05, 4.69) is 38.7 Å². The van der Waals surface area contributed by atoms with Crippen LogP contribution in [0.15, 0.2) is 54.6 Å². The van der Waals surface area contributed by atoms with Crippen LogP contribution in [0.2, 0.25) is 5.02 Å². The number of amides is 2. The number of halogens is 2. The number of rotatable bonds is 5. The Morgan fingerprint density at radius 2 is 1.88 bits per heavy atom. The summed E-state index contributed by atoms with van der Waals surface area (Å²) in [6.07, 6.45) is 4.64. The molecule has 1 N–H and O–H groups in total. The van der Waals surface area contributed by atoms with E-state index < -0.39 is 11.7 Å². The average molecular weight is 601 g/mol. The van der Waals surface area contributed by atoms with Crippen LogP contribution in [0.1, 0.15) is 69.1 Å². The molecule has 0 radical (unpaired) electrons. The average Bonchev–Trinajstić information content (AvgIpc) is 3.71. The Bertz CT molecular complexity index is 1710. The summed E-state index contributed by atoms with van der Waals surface area (Å²) in [6.45, 7) is 4.43. The Morgan fingerprint density at radius 3 is 2.70 bits per heavy atom. The van der Waals surface area contributed by atoms with Gasteiger partial charge in [-0.3, -0.25) is 14.5 Å². The fourth-order valence-corrected chi connectivity index (χ4v) is 7.41. The molecular formula is C33H34ClFN6O2. The lowest BCUT2D eigenvalue weighted by atomic mass is 9.77. The second-order valence-electron chi connectivity index (χ2n) is 12.4. The number of hydrogen-bond donors (Lipinski definition) is 1. The fourth-order valence-electron chi connectivity index (χ4n) is 7.16. The summed E-state index contributed by atoms with van der Waals surface area (Å²) in [5, 5.41) is 11.4. The molecule has 222 valence electrons. The van der Waals surface area contributed by atoms with Gasteiger partial charge < -0.3 is 10.2 Å². The minimum Gasteiger partial charge on any atom is -0.345 e. The Balaban J connectivity index is 0.980. The van der Waals surface area contributed by atoms with Crippen molar-refractivity contribution in [3.05, 3.63) is 93.3 Å². The Hall–Kier alpha value is -3.82. The Morgan fingerprint density at radius 1 is 1.07 bits per heavy atom. The molecule has 1 aromatic heterocycles. The lowest BCUT2D eigenvalue weighted by Gasteiger charge is -2.39. The van der Waals surface area contributed by atoms with E-state index in [1.54, 1.807) is 4.68 Å². The van der Waals surface area contributed by atoms with Crippen molar-refractivity contribution in [3.8, 4) is 0 Å². The number of hydrogen-bond acceptors (Lipinski definition) is 5. The predicted octanol–water partition coefficient (Wildman–Crippen LogP) is 5.31. The van der Waals surface area contributed by atoms with Crippen LogP contribution in [-0.4, -0.2) is 62.8 Å². The maximum atomic E-state index is 14.3. The van der Waals surface area contributed by atoms with Gasteiger partial charge in [0.25, 0.3) is 11.8 Å². The van der Waals surface area contributed by atoms with Crippen LogP contribution in [0.5, 0.6) is 0 Å². The predicted molar refractivity (Wildman–Crippen MR) is 162 cm³/mol. The summed E-state index contributed by atoms with van der Waals surface area (Å²) in [6, 6.07) is 16.1. The number of benzene rings is 3. The number of fused-ring (bicyclic) bond motifs is 2. The van der Waals surface area contributed by atoms with Gasteiger partial charge in [-0.1, -0.05) is 35.0 Å². The van der Waals surface area contributed by atoms with E-state index >= 15 is 0 Å². The number of nitrogens with one attached hydrogen (secondary N) is 1. The second kappa shape index (κ2) is 11.0. The van der Waals surface area contributed by atoms with Crippen molar-refractivity contribution in [2.75, 3.05) is 26.2 Å². The lowest BCUT2D eigenvalue weighted by Crippen LogP contribution is -2.42. The summed E-state index contributed by atoms with van der Waals surface area (Å²) in [4.78, 5) is 31.1. The maximum Gasteiger partial charge on any atom is 0.256 e. The molecule has 2 saturated heterocycles. The first-order valence-electron chi connectivity index (χ1n) is 15.0. The Kier molecular flexibility index (Phi) is 7.18. The number of aryl methyl sites for hydroxylation is 2. The van der Waals surface area contributed by atoms with Crippen molar-refractivity contribution >= 4 is 34.4 Å². The standard InChI is InChI=1S/C33H34ClFN6O2/c1-39-29-10-5-21(17-28(29)37-38-39)19-40-14-11-33(12-15-40)13-16-41(20-33)32(43)23-7-6-22-8-9-27(24(22)18-23)36-31(42)30-25(34)3-2-4-26(30)35/h2-7,10,17-18,27H,8-9,11-16,19-20H2,1H3,(H,36,42). The molecule has 3 heterocycles. The van der Waals surface area contributed by atoms with Crippen molar-refractivity contribution in [1.82, 2.24) is 30.1 Å². The van der Waals surface area contributed by atoms with E-state index in [-0.39, 0.29) is 28.0 Å². The number of likely N-dealkylation sites (tertiary alicyclic amines) is 2. The first kappa shape index (κ1) is 28.0. The minimum atomic E-state index is -0.649. The first-order valence-corrected chi connectivity index (χ1v) is 15.3. The second-order valence-corrected chi connectivity index (χ2v) is 12.8. The van der Waals surface area contributed by atoms with Gasteiger partial charge in [-0.15, -0.1) is 5.10 Å². The van der Waals surface area contributed by atoms with Crippen molar-refractivity contribution in [2.45, 2.75) is 44.7 Å². The third-order valence-corrected chi connectivity index (χ3v) is 10.0. The van der Waals surface area contributed by atoms with Gasteiger partial charge in [0.05, 0.1) is 22.1 Å². The summed E-state index contributed by atoms with van der Waals surface area (Å²) in [5.74, 6) is -1.15. The normalized spacial score (nSPS) is 19.7. The third-order valence-electron chi connectivity index (χ3n) is 9.69. The molecule has 0 bridgehead atoms. The van der Waals surface area contributed by atoms with Gasteiger partial charge in [0.15, 0.2) is 0 Å². The SMILES string of the molecule is Cn1nnc2cc(CN3CCC4(CC3)CCN(C(=O)c3ccc5c(c3)C(NC(=O)c3c(F)cccc3Cl)CC5)C4)ccc21. The quantitative estimate of drug-likeness (QED) is 0.336. The monoisotopic (exact) mass is 600 g/mol. The molecule has 1 unspecified atom stereocenters. The van der Waals surface area contributed by atoms with E-state index in [0.29, 0.717) is 12.0 Å². The molecule has 3 aliphatic rings. The smallest absolute Gasteiger partial charge is 0.256 e. The molecule has 1 atom stereocenters. The van der Waals surface area contributed by atoms with Gasteiger partial charge in [-0.25, -0.2) is 9.07 Å². The van der Waals surface area contributed by atoms with Crippen molar-refractivity contribution in [2.24, 2.45) is 12.5 Å². The van der Waals surface area contributed by atoms with Crippen molar-refractivity contribution in [1.29, 1.82) is 0 Å². The number of piperidine rings is 1. The Labute approximate surface area is 254 Å². The lowest BCUT2D eigenvalue weighted by molar-refractivity contribution is 0.0713. The zero-order chi connectivity index (χ0) is 29.7. The molecule has 43 heavy (non-hydrogen) atoms. The van der Waals surface area contributed by atoms with Gasteiger partial charge in [-0.05, 0) is 104 Å². The molecule has 10 heteroatoms. The number of carbonyl (C=O) groups is 2. The van der Waals surface area contributed by atoms with Gasteiger partial charge in [0.1, 0.15) is 11.3 Å². The zero-order valence-electron chi connectivity index (χ0n) is 24.2. The highest BCUT2D eigenvalue weighted by Gasteiger charge is 2.42. The van der Waals surface area contributed by atoms with E-state index in [4.69, 9.17) is 11.6 Å². The maximum absolute atomic E-state index is 14.3. The summed E-state index contributed by atoms with van der Waals surface area (Å²) in [5.41, 5.74) is 5.88. The number of carbonyl (C=O) groups excluding carboxylic acids is 2.